The van der Waals surface area contributed by atoms with Crippen LogP contribution in [0.5, 0.6) is 17.2 Å². The SMILES string of the molecule is COc1ccc(OC(C)N2CCC(c3ccc(CCCOc4cc(F)ccc4Br)cc3)=C(C(=O)OC3CC3)C2)cc1. The molecule has 0 radical (unpaired) electrons. The van der Waals surface area contributed by atoms with Crippen molar-refractivity contribution in [2.75, 3.05) is 26.8 Å². The van der Waals surface area contributed by atoms with Gasteiger partial charge in [0.2, 0.25) is 0 Å². The summed E-state index contributed by atoms with van der Waals surface area (Å²) in [6.45, 7) is 3.72. The summed E-state index contributed by atoms with van der Waals surface area (Å²) in [5, 5.41) is 0. The highest BCUT2D eigenvalue weighted by atomic mass is 79.9. The first-order valence-corrected chi connectivity index (χ1v) is 14.8. The highest BCUT2D eigenvalue weighted by Gasteiger charge is 2.33. The Labute approximate surface area is 249 Å². The van der Waals surface area contributed by atoms with Gasteiger partial charge in [-0.3, -0.25) is 4.90 Å². The standard InChI is InChI=1S/C33H35BrFNO5/c1-22(40-27-12-10-26(38-2)11-13-27)36-18-17-29(30(21-36)33(37)41-28-14-15-28)24-7-5-23(6-8-24)4-3-19-39-32-20-25(35)9-16-31(32)34/h5-13,16,20,22,28H,3-4,14-15,17-19,21H2,1-2H3. The van der Waals surface area contributed by atoms with Crippen LogP contribution in [0.25, 0.3) is 5.57 Å². The minimum atomic E-state index is -0.321. The third-order valence-electron chi connectivity index (χ3n) is 7.36. The summed E-state index contributed by atoms with van der Waals surface area (Å²) in [5.74, 6) is 1.48. The van der Waals surface area contributed by atoms with Crippen molar-refractivity contribution >= 4 is 27.5 Å². The monoisotopic (exact) mass is 623 g/mol. The van der Waals surface area contributed by atoms with Gasteiger partial charge >= 0.3 is 5.97 Å². The van der Waals surface area contributed by atoms with Gasteiger partial charge in [0, 0.05) is 19.2 Å². The lowest BCUT2D eigenvalue weighted by molar-refractivity contribution is -0.140. The molecule has 0 spiro atoms. The number of esters is 1. The van der Waals surface area contributed by atoms with Crippen LogP contribution in [0, 0.1) is 5.82 Å². The van der Waals surface area contributed by atoms with Crippen LogP contribution in [0.1, 0.15) is 43.7 Å². The van der Waals surface area contributed by atoms with Crippen molar-refractivity contribution in [2.24, 2.45) is 0 Å². The number of hydrogen-bond donors (Lipinski definition) is 0. The van der Waals surface area contributed by atoms with Crippen molar-refractivity contribution in [3.8, 4) is 17.2 Å². The Morgan fingerprint density at radius 3 is 2.49 bits per heavy atom. The zero-order valence-electron chi connectivity index (χ0n) is 23.4. The van der Waals surface area contributed by atoms with Crippen molar-refractivity contribution < 1.29 is 28.1 Å². The normalized spacial score (nSPS) is 16.3. The molecule has 0 amide bonds. The molecule has 1 fully saturated rings. The second-order valence-corrected chi connectivity index (χ2v) is 11.3. The average molecular weight is 625 g/mol. The van der Waals surface area contributed by atoms with Crippen LogP contribution in [-0.2, 0) is 16.0 Å². The first-order valence-electron chi connectivity index (χ1n) is 14.0. The van der Waals surface area contributed by atoms with Crippen molar-refractivity contribution in [3.05, 3.63) is 93.7 Å². The molecule has 41 heavy (non-hydrogen) atoms. The van der Waals surface area contributed by atoms with Crippen molar-refractivity contribution in [3.63, 3.8) is 0 Å². The number of carbonyl (C=O) groups excluding carboxylic acids is 1. The van der Waals surface area contributed by atoms with Crippen LogP contribution in [0.2, 0.25) is 0 Å². The van der Waals surface area contributed by atoms with Crippen LogP contribution in [0.15, 0.2) is 76.8 Å². The van der Waals surface area contributed by atoms with Crippen molar-refractivity contribution in [2.45, 2.75) is 51.4 Å². The van der Waals surface area contributed by atoms with E-state index >= 15 is 0 Å². The first-order chi connectivity index (χ1) is 19.9. The molecule has 0 aromatic heterocycles. The Bertz CT molecular complexity index is 1370. The molecule has 0 saturated heterocycles. The molecule has 5 rings (SSSR count). The highest BCUT2D eigenvalue weighted by Crippen LogP contribution is 2.33. The van der Waals surface area contributed by atoms with Crippen LogP contribution in [0.4, 0.5) is 4.39 Å². The molecule has 2 aliphatic rings. The number of nitrogens with zero attached hydrogens (tertiary/aromatic N) is 1. The van der Waals surface area contributed by atoms with Crippen molar-refractivity contribution in [1.82, 2.24) is 4.90 Å². The predicted octanol–water partition coefficient (Wildman–Crippen LogP) is 7.20. The van der Waals surface area contributed by atoms with Gasteiger partial charge in [0.25, 0.3) is 0 Å². The maximum absolute atomic E-state index is 13.5. The minimum absolute atomic E-state index is 0.0391. The third kappa shape index (κ3) is 7.89. The molecule has 1 aliphatic carbocycles. The maximum Gasteiger partial charge on any atom is 0.335 e. The number of ether oxygens (including phenoxy) is 4. The van der Waals surface area contributed by atoms with Gasteiger partial charge in [-0.2, -0.15) is 0 Å². The molecule has 1 saturated carbocycles. The molecule has 1 atom stereocenters. The van der Waals surface area contributed by atoms with Gasteiger partial charge < -0.3 is 18.9 Å². The number of carbonyl (C=O) groups is 1. The van der Waals surface area contributed by atoms with Crippen LogP contribution in [-0.4, -0.2) is 50.0 Å². The molecule has 1 aliphatic heterocycles. The summed E-state index contributed by atoms with van der Waals surface area (Å²) in [5.41, 5.74) is 3.96. The average Bonchev–Trinajstić information content (AvgIpc) is 3.81. The minimum Gasteiger partial charge on any atom is -0.497 e. The molecule has 3 aromatic carbocycles. The van der Waals surface area contributed by atoms with Crippen LogP contribution >= 0.6 is 15.9 Å². The number of rotatable bonds is 12. The second-order valence-electron chi connectivity index (χ2n) is 10.4. The summed E-state index contributed by atoms with van der Waals surface area (Å²) in [6.07, 6.45) is 4.04. The highest BCUT2D eigenvalue weighted by molar-refractivity contribution is 9.10. The number of benzene rings is 3. The molecule has 6 nitrogen and oxygen atoms in total. The number of hydrogen-bond acceptors (Lipinski definition) is 6. The van der Waals surface area contributed by atoms with E-state index in [4.69, 9.17) is 18.9 Å². The van der Waals surface area contributed by atoms with Gasteiger partial charge in [-0.15, -0.1) is 0 Å². The maximum atomic E-state index is 13.5. The Kier molecular flexibility index (Phi) is 9.62. The van der Waals surface area contributed by atoms with E-state index in [-0.39, 0.29) is 24.1 Å². The molecular weight excluding hydrogens is 589 g/mol. The van der Waals surface area contributed by atoms with E-state index in [0.29, 0.717) is 24.5 Å². The summed E-state index contributed by atoms with van der Waals surface area (Å²) in [7, 11) is 1.64. The zero-order chi connectivity index (χ0) is 28.8. The molecule has 3 aromatic rings. The predicted molar refractivity (Wildman–Crippen MR) is 160 cm³/mol. The summed E-state index contributed by atoms with van der Waals surface area (Å²) in [6, 6.07) is 20.3. The van der Waals surface area contributed by atoms with Gasteiger partial charge in [-0.05, 0) is 108 Å². The van der Waals surface area contributed by atoms with E-state index in [1.54, 1.807) is 13.2 Å². The van der Waals surface area contributed by atoms with E-state index in [0.717, 1.165) is 65.8 Å². The second kappa shape index (κ2) is 13.5. The summed E-state index contributed by atoms with van der Waals surface area (Å²) >= 11 is 3.39. The van der Waals surface area contributed by atoms with Gasteiger partial charge in [0.05, 0.1) is 23.8 Å². The fraction of sp³-hybridized carbons (Fsp3) is 0.364. The summed E-state index contributed by atoms with van der Waals surface area (Å²) < 4.78 is 37.1. The Morgan fingerprint density at radius 2 is 1.78 bits per heavy atom. The van der Waals surface area contributed by atoms with E-state index in [1.165, 1.54) is 17.7 Å². The number of methoxy groups -OCH3 is 1. The Balaban J connectivity index is 1.23. The van der Waals surface area contributed by atoms with E-state index in [9.17, 15) is 9.18 Å². The topological polar surface area (TPSA) is 57.2 Å². The molecule has 0 N–H and O–H groups in total. The van der Waals surface area contributed by atoms with Gasteiger partial charge in [0.1, 0.15) is 35.4 Å². The number of halogens is 2. The molecular formula is C33H35BrFNO5. The molecule has 1 unspecified atom stereocenters. The quantitative estimate of drug-likeness (QED) is 0.157. The van der Waals surface area contributed by atoms with E-state index < -0.39 is 0 Å². The molecule has 8 heteroatoms. The lowest BCUT2D eigenvalue weighted by Crippen LogP contribution is -2.43. The molecule has 1 heterocycles. The number of aryl methyl sites for hydroxylation is 1. The van der Waals surface area contributed by atoms with Crippen LogP contribution < -0.4 is 14.2 Å². The van der Waals surface area contributed by atoms with Crippen molar-refractivity contribution in [1.29, 1.82) is 0 Å². The smallest absolute Gasteiger partial charge is 0.335 e. The first kappa shape index (κ1) is 29.1. The van der Waals surface area contributed by atoms with Crippen LogP contribution in [0.3, 0.4) is 0 Å². The lowest BCUT2D eigenvalue weighted by Gasteiger charge is -2.34. The van der Waals surface area contributed by atoms with E-state index in [1.807, 2.05) is 31.2 Å². The largest absolute Gasteiger partial charge is 0.497 e. The third-order valence-corrected chi connectivity index (χ3v) is 8.02. The van der Waals surface area contributed by atoms with E-state index in [2.05, 4.69) is 45.1 Å². The summed E-state index contributed by atoms with van der Waals surface area (Å²) in [4.78, 5) is 15.4. The molecule has 0 bridgehead atoms. The molecule has 216 valence electrons. The van der Waals surface area contributed by atoms with Gasteiger partial charge in [-0.25, -0.2) is 9.18 Å². The van der Waals surface area contributed by atoms with Gasteiger partial charge in [0.15, 0.2) is 0 Å². The Morgan fingerprint density at radius 1 is 1.05 bits per heavy atom. The van der Waals surface area contributed by atoms with Gasteiger partial charge in [-0.1, -0.05) is 24.3 Å². The lowest BCUT2D eigenvalue weighted by atomic mass is 9.92. The Hall–Kier alpha value is -3.36. The zero-order valence-corrected chi connectivity index (χ0v) is 25.0. The fourth-order valence-corrected chi connectivity index (χ4v) is 5.21. The fourth-order valence-electron chi connectivity index (χ4n) is 4.85.